The molecule has 0 bridgehead atoms. The van der Waals surface area contributed by atoms with Gasteiger partial charge in [-0.2, -0.15) is 13.2 Å². The zero-order valence-corrected chi connectivity index (χ0v) is 10.6. The Bertz CT molecular complexity index is 326. The number of amides is 2. The van der Waals surface area contributed by atoms with E-state index in [-0.39, 0.29) is 37.7 Å². The highest BCUT2D eigenvalue weighted by Gasteiger charge is 2.42. The molecule has 0 spiro atoms. The van der Waals surface area contributed by atoms with Gasteiger partial charge in [-0.05, 0) is 12.8 Å². The largest absolute Gasteiger partial charge is 0.393 e. The molecule has 8 heteroatoms. The van der Waals surface area contributed by atoms with Gasteiger partial charge in [-0.15, -0.1) is 0 Å². The molecule has 1 heterocycles. The number of hydrogen-bond acceptors (Lipinski definition) is 3. The summed E-state index contributed by atoms with van der Waals surface area (Å²) in [6, 6.07) is -0.587. The number of piperidine rings is 1. The van der Waals surface area contributed by atoms with E-state index in [2.05, 4.69) is 16.0 Å². The van der Waals surface area contributed by atoms with E-state index in [1.807, 2.05) is 0 Å². The molecule has 0 saturated carbocycles. The fraction of sp³-hybridized carbons (Fsp3) is 0.818. The van der Waals surface area contributed by atoms with Crippen LogP contribution >= 0.6 is 0 Å². The van der Waals surface area contributed by atoms with Crippen molar-refractivity contribution in [3.8, 4) is 0 Å². The quantitative estimate of drug-likeness (QED) is 0.643. The molecule has 2 atom stereocenters. The molecule has 5 nitrogen and oxygen atoms in total. The summed E-state index contributed by atoms with van der Waals surface area (Å²) in [5.41, 5.74) is 0. The lowest BCUT2D eigenvalue weighted by Crippen LogP contribution is -2.52. The van der Waals surface area contributed by atoms with Crippen molar-refractivity contribution in [2.75, 3.05) is 19.6 Å². The fourth-order valence-corrected chi connectivity index (χ4v) is 1.91. The molecule has 1 saturated heterocycles. The molecular formula is C11H18F3N3O2. The van der Waals surface area contributed by atoms with Crippen LogP contribution in [0.4, 0.5) is 13.2 Å². The number of hydrogen-bond donors (Lipinski definition) is 3. The maximum atomic E-state index is 12.4. The summed E-state index contributed by atoms with van der Waals surface area (Å²) >= 11 is 0. The normalized spacial score (nSPS) is 23.8. The van der Waals surface area contributed by atoms with Gasteiger partial charge in [0.1, 0.15) is 0 Å². The van der Waals surface area contributed by atoms with Gasteiger partial charge in [0, 0.05) is 26.6 Å². The van der Waals surface area contributed by atoms with E-state index in [1.165, 1.54) is 6.92 Å². The number of carbonyl (C=O) groups is 2. The van der Waals surface area contributed by atoms with Gasteiger partial charge in [-0.3, -0.25) is 9.59 Å². The van der Waals surface area contributed by atoms with Gasteiger partial charge in [-0.25, -0.2) is 0 Å². The lowest BCUT2D eigenvalue weighted by Gasteiger charge is -2.30. The van der Waals surface area contributed by atoms with Crippen LogP contribution in [0, 0.1) is 5.92 Å². The molecule has 0 aromatic heterocycles. The minimum absolute atomic E-state index is 0.0414. The molecule has 0 aromatic rings. The van der Waals surface area contributed by atoms with E-state index in [0.717, 1.165) is 0 Å². The predicted octanol–water partition coefficient (Wildman–Crippen LogP) is 0.169. The van der Waals surface area contributed by atoms with E-state index >= 15 is 0 Å². The van der Waals surface area contributed by atoms with Crippen LogP contribution in [-0.2, 0) is 9.59 Å². The SMILES string of the molecule is CC(=O)NCCNC(=O)C1CCC(C(F)(F)F)CN1. The molecular weight excluding hydrogens is 263 g/mol. The first-order chi connectivity index (χ1) is 8.80. The standard InChI is InChI=1S/C11H18F3N3O2/c1-7(18)15-4-5-16-10(19)9-3-2-8(6-17-9)11(12,13)14/h8-9,17H,2-6H2,1H3,(H,15,18)(H,16,19). The Morgan fingerprint density at radius 1 is 1.21 bits per heavy atom. The van der Waals surface area contributed by atoms with Crippen LogP contribution in [0.15, 0.2) is 0 Å². The van der Waals surface area contributed by atoms with Crippen molar-refractivity contribution in [2.45, 2.75) is 32.0 Å². The summed E-state index contributed by atoms with van der Waals surface area (Å²) in [4.78, 5) is 22.2. The molecule has 3 N–H and O–H groups in total. The third kappa shape index (κ3) is 5.46. The molecule has 0 aliphatic carbocycles. The van der Waals surface area contributed by atoms with Crippen molar-refractivity contribution < 1.29 is 22.8 Å². The molecule has 2 amide bonds. The second kappa shape index (κ2) is 6.74. The highest BCUT2D eigenvalue weighted by Crippen LogP contribution is 2.31. The molecule has 0 aromatic carbocycles. The van der Waals surface area contributed by atoms with Gasteiger partial charge in [0.25, 0.3) is 0 Å². The molecule has 1 rings (SSSR count). The van der Waals surface area contributed by atoms with Crippen molar-refractivity contribution in [3.63, 3.8) is 0 Å². The van der Waals surface area contributed by atoms with Crippen molar-refractivity contribution in [3.05, 3.63) is 0 Å². The molecule has 2 unspecified atom stereocenters. The van der Waals surface area contributed by atoms with Crippen molar-refractivity contribution in [1.29, 1.82) is 0 Å². The number of rotatable bonds is 4. The third-order valence-electron chi connectivity index (χ3n) is 2.99. The molecule has 1 aliphatic heterocycles. The van der Waals surface area contributed by atoms with Gasteiger partial charge in [0.2, 0.25) is 11.8 Å². The number of nitrogens with one attached hydrogen (secondary N) is 3. The summed E-state index contributed by atoms with van der Waals surface area (Å²) in [7, 11) is 0. The van der Waals surface area contributed by atoms with Crippen LogP contribution in [-0.4, -0.2) is 43.7 Å². The van der Waals surface area contributed by atoms with Crippen molar-refractivity contribution in [2.24, 2.45) is 5.92 Å². The van der Waals surface area contributed by atoms with Crippen LogP contribution in [0.1, 0.15) is 19.8 Å². The van der Waals surface area contributed by atoms with Crippen LogP contribution in [0.25, 0.3) is 0 Å². The summed E-state index contributed by atoms with van der Waals surface area (Å²) in [5.74, 6) is -1.90. The van der Waals surface area contributed by atoms with E-state index in [0.29, 0.717) is 6.54 Å². The highest BCUT2D eigenvalue weighted by atomic mass is 19.4. The minimum Gasteiger partial charge on any atom is -0.355 e. The molecule has 19 heavy (non-hydrogen) atoms. The van der Waals surface area contributed by atoms with Gasteiger partial charge in [0.15, 0.2) is 0 Å². The van der Waals surface area contributed by atoms with Gasteiger partial charge in [0.05, 0.1) is 12.0 Å². The zero-order valence-electron chi connectivity index (χ0n) is 10.6. The average molecular weight is 281 g/mol. The van der Waals surface area contributed by atoms with E-state index in [9.17, 15) is 22.8 Å². The lowest BCUT2D eigenvalue weighted by atomic mass is 9.94. The monoisotopic (exact) mass is 281 g/mol. The minimum atomic E-state index is -4.21. The van der Waals surface area contributed by atoms with E-state index in [1.54, 1.807) is 0 Å². The highest BCUT2D eigenvalue weighted by molar-refractivity contribution is 5.81. The maximum absolute atomic E-state index is 12.4. The molecule has 0 radical (unpaired) electrons. The van der Waals surface area contributed by atoms with Crippen LogP contribution in [0.5, 0.6) is 0 Å². The summed E-state index contributed by atoms with van der Waals surface area (Å²) in [6.07, 6.45) is -4.09. The Hall–Kier alpha value is -1.31. The lowest BCUT2D eigenvalue weighted by molar-refractivity contribution is -0.180. The maximum Gasteiger partial charge on any atom is 0.393 e. The topological polar surface area (TPSA) is 70.2 Å². The molecule has 1 aliphatic rings. The Balaban J connectivity index is 2.23. The average Bonchev–Trinajstić information content (AvgIpc) is 2.33. The Morgan fingerprint density at radius 2 is 1.84 bits per heavy atom. The predicted molar refractivity (Wildman–Crippen MR) is 62.3 cm³/mol. The Labute approximate surface area is 109 Å². The van der Waals surface area contributed by atoms with Crippen molar-refractivity contribution in [1.82, 2.24) is 16.0 Å². The summed E-state index contributed by atoms with van der Waals surface area (Å²) in [6.45, 7) is 1.70. The summed E-state index contributed by atoms with van der Waals surface area (Å²) < 4.78 is 37.2. The third-order valence-corrected chi connectivity index (χ3v) is 2.99. The van der Waals surface area contributed by atoms with Crippen LogP contribution < -0.4 is 16.0 Å². The smallest absolute Gasteiger partial charge is 0.355 e. The van der Waals surface area contributed by atoms with Gasteiger partial charge >= 0.3 is 6.18 Å². The van der Waals surface area contributed by atoms with E-state index < -0.39 is 18.1 Å². The van der Waals surface area contributed by atoms with Crippen molar-refractivity contribution >= 4 is 11.8 Å². The summed E-state index contributed by atoms with van der Waals surface area (Å²) in [5, 5.41) is 7.68. The van der Waals surface area contributed by atoms with E-state index in [4.69, 9.17) is 0 Å². The number of halogens is 3. The first kappa shape index (κ1) is 15.7. The second-order valence-electron chi connectivity index (χ2n) is 4.55. The first-order valence-corrected chi connectivity index (χ1v) is 6.13. The number of alkyl halides is 3. The Morgan fingerprint density at radius 3 is 2.32 bits per heavy atom. The molecule has 110 valence electrons. The fourth-order valence-electron chi connectivity index (χ4n) is 1.91. The zero-order chi connectivity index (χ0) is 14.5. The van der Waals surface area contributed by atoms with Gasteiger partial charge in [-0.1, -0.05) is 0 Å². The first-order valence-electron chi connectivity index (χ1n) is 6.13. The molecule has 1 fully saturated rings. The van der Waals surface area contributed by atoms with Crippen LogP contribution in [0.3, 0.4) is 0 Å². The van der Waals surface area contributed by atoms with Gasteiger partial charge < -0.3 is 16.0 Å². The second-order valence-corrected chi connectivity index (χ2v) is 4.55. The number of carbonyl (C=O) groups excluding carboxylic acids is 2. The Kier molecular flexibility index (Phi) is 5.59. The van der Waals surface area contributed by atoms with Crippen LogP contribution in [0.2, 0.25) is 0 Å².